The molecule has 1 aromatic rings. The number of carbonyl (C=O) groups is 1. The van der Waals surface area contributed by atoms with Crippen LogP contribution in [0, 0.1) is 0 Å². The third kappa shape index (κ3) is 3.91. The summed E-state index contributed by atoms with van der Waals surface area (Å²) in [5.41, 5.74) is 0.340. The van der Waals surface area contributed by atoms with Crippen molar-refractivity contribution >= 4 is 17.6 Å². The van der Waals surface area contributed by atoms with E-state index in [1.54, 1.807) is 32.2 Å². The van der Waals surface area contributed by atoms with E-state index in [1.165, 1.54) is 0 Å². The van der Waals surface area contributed by atoms with Gasteiger partial charge in [0.1, 0.15) is 11.4 Å². The fourth-order valence-electron chi connectivity index (χ4n) is 1.47. The number of ether oxygens (including phenoxy) is 2. The lowest BCUT2D eigenvalue weighted by atomic mass is 10.0. The number of methoxy groups -OCH3 is 1. The molecule has 1 rings (SSSR count). The summed E-state index contributed by atoms with van der Waals surface area (Å²) in [6, 6.07) is 5.28. The summed E-state index contributed by atoms with van der Waals surface area (Å²) in [6.07, 6.45) is 0. The lowest BCUT2D eigenvalue weighted by Crippen LogP contribution is -2.26. The molecule has 0 aliphatic carbocycles. The van der Waals surface area contributed by atoms with Gasteiger partial charge in [0.2, 0.25) is 0 Å². The van der Waals surface area contributed by atoms with Crippen LogP contribution in [-0.4, -0.2) is 18.7 Å². The normalized spacial score (nSPS) is 13.0. The summed E-state index contributed by atoms with van der Waals surface area (Å²) in [6.45, 7) is 7.34. The van der Waals surface area contributed by atoms with Crippen LogP contribution in [0.2, 0.25) is 5.02 Å². The summed E-state index contributed by atoms with van der Waals surface area (Å²) in [4.78, 5) is 11.9. The first kappa shape index (κ1) is 14.8. The monoisotopic (exact) mass is 270 g/mol. The van der Waals surface area contributed by atoms with Crippen LogP contribution in [0.5, 0.6) is 5.75 Å². The summed E-state index contributed by atoms with van der Waals surface area (Å²) in [5.74, 6) is -0.0492. The second-order valence-electron chi connectivity index (χ2n) is 5.15. The van der Waals surface area contributed by atoms with E-state index in [0.717, 1.165) is 5.56 Å². The number of benzene rings is 1. The van der Waals surface area contributed by atoms with Gasteiger partial charge >= 0.3 is 5.97 Å². The average molecular weight is 271 g/mol. The third-order valence-corrected chi connectivity index (χ3v) is 2.75. The smallest absolute Gasteiger partial charge is 0.313 e. The molecule has 1 atom stereocenters. The number of hydrogen-bond acceptors (Lipinski definition) is 3. The zero-order valence-corrected chi connectivity index (χ0v) is 12.2. The van der Waals surface area contributed by atoms with E-state index < -0.39 is 5.60 Å². The first-order valence-electron chi connectivity index (χ1n) is 5.81. The van der Waals surface area contributed by atoms with Crippen molar-refractivity contribution in [1.82, 2.24) is 0 Å². The zero-order chi connectivity index (χ0) is 13.9. The Morgan fingerprint density at radius 2 is 1.94 bits per heavy atom. The lowest BCUT2D eigenvalue weighted by molar-refractivity contribution is -0.156. The maximum absolute atomic E-state index is 11.9. The molecule has 100 valence electrons. The molecule has 1 aromatic carbocycles. The van der Waals surface area contributed by atoms with Gasteiger partial charge in [-0.2, -0.15) is 0 Å². The first-order chi connectivity index (χ1) is 8.24. The second-order valence-corrected chi connectivity index (χ2v) is 5.56. The molecule has 0 spiro atoms. The Morgan fingerprint density at radius 3 is 2.44 bits per heavy atom. The maximum atomic E-state index is 11.9. The van der Waals surface area contributed by atoms with Crippen LogP contribution >= 0.6 is 11.6 Å². The minimum absolute atomic E-state index is 0.258. The molecule has 0 bridgehead atoms. The fraction of sp³-hybridized carbons (Fsp3) is 0.500. The van der Waals surface area contributed by atoms with Crippen molar-refractivity contribution in [2.75, 3.05) is 7.11 Å². The lowest BCUT2D eigenvalue weighted by Gasteiger charge is -2.22. The van der Waals surface area contributed by atoms with Crippen LogP contribution in [0.15, 0.2) is 18.2 Å². The van der Waals surface area contributed by atoms with Crippen LogP contribution < -0.4 is 4.74 Å². The van der Waals surface area contributed by atoms with Gasteiger partial charge in [-0.1, -0.05) is 17.7 Å². The molecular weight excluding hydrogens is 252 g/mol. The van der Waals surface area contributed by atoms with Gasteiger partial charge in [-0.05, 0) is 45.4 Å². The Kier molecular flexibility index (Phi) is 4.63. The predicted molar refractivity (Wildman–Crippen MR) is 72.3 cm³/mol. The van der Waals surface area contributed by atoms with Gasteiger partial charge in [0.25, 0.3) is 0 Å². The molecular formula is C14H19ClO3. The van der Waals surface area contributed by atoms with Crippen LogP contribution in [-0.2, 0) is 9.53 Å². The Morgan fingerprint density at radius 1 is 1.33 bits per heavy atom. The zero-order valence-electron chi connectivity index (χ0n) is 11.4. The van der Waals surface area contributed by atoms with Crippen LogP contribution in [0.4, 0.5) is 0 Å². The van der Waals surface area contributed by atoms with E-state index in [2.05, 4.69) is 0 Å². The van der Waals surface area contributed by atoms with Crippen LogP contribution in [0.25, 0.3) is 0 Å². The Labute approximate surface area is 113 Å². The molecule has 0 aromatic heterocycles. The molecule has 0 aliphatic rings. The van der Waals surface area contributed by atoms with Gasteiger partial charge in [-0.25, -0.2) is 0 Å². The van der Waals surface area contributed by atoms with Crippen molar-refractivity contribution < 1.29 is 14.3 Å². The van der Waals surface area contributed by atoms with E-state index in [-0.39, 0.29) is 11.9 Å². The number of carbonyl (C=O) groups excluding carboxylic acids is 1. The van der Waals surface area contributed by atoms with Crippen molar-refractivity contribution in [3.05, 3.63) is 28.8 Å². The molecule has 3 nitrogen and oxygen atoms in total. The van der Waals surface area contributed by atoms with E-state index in [0.29, 0.717) is 10.8 Å². The maximum Gasteiger partial charge on any atom is 0.313 e. The number of esters is 1. The van der Waals surface area contributed by atoms with Gasteiger partial charge in [-0.15, -0.1) is 0 Å². The molecule has 0 radical (unpaired) electrons. The van der Waals surface area contributed by atoms with E-state index in [9.17, 15) is 4.79 Å². The highest BCUT2D eigenvalue weighted by molar-refractivity contribution is 6.32. The van der Waals surface area contributed by atoms with Gasteiger partial charge in [0.05, 0.1) is 18.1 Å². The number of hydrogen-bond donors (Lipinski definition) is 0. The predicted octanol–water partition coefficient (Wildman–Crippen LogP) is 3.79. The topological polar surface area (TPSA) is 35.5 Å². The number of rotatable bonds is 3. The summed E-state index contributed by atoms with van der Waals surface area (Å²) >= 11 is 5.95. The van der Waals surface area contributed by atoms with Gasteiger partial charge in [0.15, 0.2) is 0 Å². The minimum atomic E-state index is -0.484. The molecule has 0 fully saturated rings. The molecule has 0 saturated heterocycles. The van der Waals surface area contributed by atoms with E-state index in [4.69, 9.17) is 21.1 Å². The average Bonchev–Trinajstić information content (AvgIpc) is 2.26. The number of halogens is 1. The highest BCUT2D eigenvalue weighted by Gasteiger charge is 2.23. The summed E-state index contributed by atoms with van der Waals surface area (Å²) in [5, 5.41) is 0.526. The molecule has 0 aliphatic heterocycles. The SMILES string of the molecule is COc1cc(C(C)C(=O)OC(C)(C)C)ccc1Cl. The highest BCUT2D eigenvalue weighted by atomic mass is 35.5. The molecule has 4 heteroatoms. The van der Waals surface area contributed by atoms with Crippen molar-refractivity contribution in [1.29, 1.82) is 0 Å². The van der Waals surface area contributed by atoms with E-state index >= 15 is 0 Å². The van der Waals surface area contributed by atoms with Crippen LogP contribution in [0.3, 0.4) is 0 Å². The third-order valence-electron chi connectivity index (χ3n) is 2.44. The Bertz CT molecular complexity index is 435. The molecule has 18 heavy (non-hydrogen) atoms. The largest absolute Gasteiger partial charge is 0.495 e. The first-order valence-corrected chi connectivity index (χ1v) is 6.18. The van der Waals surface area contributed by atoms with Gasteiger partial charge < -0.3 is 9.47 Å². The fourth-order valence-corrected chi connectivity index (χ4v) is 1.67. The molecule has 0 N–H and O–H groups in total. The van der Waals surface area contributed by atoms with E-state index in [1.807, 2.05) is 20.8 Å². The standard InChI is InChI=1S/C14H19ClO3/c1-9(13(16)18-14(2,3)4)10-6-7-11(15)12(8-10)17-5/h6-9H,1-5H3. The summed E-state index contributed by atoms with van der Waals surface area (Å²) in [7, 11) is 1.54. The van der Waals surface area contributed by atoms with Crippen molar-refractivity contribution in [3.8, 4) is 5.75 Å². The molecule has 0 heterocycles. The molecule has 1 unspecified atom stereocenters. The highest BCUT2D eigenvalue weighted by Crippen LogP contribution is 2.29. The van der Waals surface area contributed by atoms with Gasteiger partial charge in [-0.3, -0.25) is 4.79 Å². The second kappa shape index (κ2) is 5.61. The minimum Gasteiger partial charge on any atom is -0.495 e. The summed E-state index contributed by atoms with van der Waals surface area (Å²) < 4.78 is 10.5. The Balaban J connectivity index is 2.90. The van der Waals surface area contributed by atoms with Crippen molar-refractivity contribution in [2.45, 2.75) is 39.2 Å². The van der Waals surface area contributed by atoms with Crippen LogP contribution in [0.1, 0.15) is 39.2 Å². The molecule has 0 amide bonds. The van der Waals surface area contributed by atoms with Crippen molar-refractivity contribution in [2.24, 2.45) is 0 Å². The quantitative estimate of drug-likeness (QED) is 0.784. The Hall–Kier alpha value is -1.22. The molecule has 0 saturated carbocycles. The van der Waals surface area contributed by atoms with Gasteiger partial charge in [0, 0.05) is 0 Å². The van der Waals surface area contributed by atoms with Crippen molar-refractivity contribution in [3.63, 3.8) is 0 Å².